The van der Waals surface area contributed by atoms with E-state index in [9.17, 15) is 9.59 Å². The molecule has 1 rings (SSSR count). The van der Waals surface area contributed by atoms with Gasteiger partial charge in [-0.2, -0.15) is 0 Å². The van der Waals surface area contributed by atoms with Crippen LogP contribution in [0.15, 0.2) is 23.1 Å². The lowest BCUT2D eigenvalue weighted by atomic mass is 9.96. The SMILES string of the molecule is CCCC(C)(N)C(=O)NCc1ccc(=O)[nH]c1.Cl.Cl. The zero-order chi connectivity index (χ0) is 12.9. The van der Waals surface area contributed by atoms with Crippen LogP contribution in [-0.4, -0.2) is 16.4 Å². The van der Waals surface area contributed by atoms with Gasteiger partial charge in [0.2, 0.25) is 11.5 Å². The fourth-order valence-corrected chi connectivity index (χ4v) is 1.57. The first-order chi connectivity index (χ1) is 7.95. The Hall–Kier alpha value is -1.04. The molecule has 0 radical (unpaired) electrons. The molecule has 1 heterocycles. The van der Waals surface area contributed by atoms with Crippen molar-refractivity contribution in [1.82, 2.24) is 10.3 Å². The zero-order valence-corrected chi connectivity index (χ0v) is 12.7. The summed E-state index contributed by atoms with van der Waals surface area (Å²) in [6, 6.07) is 3.10. The van der Waals surface area contributed by atoms with Crippen LogP contribution in [0.2, 0.25) is 0 Å². The Balaban J connectivity index is 0. The summed E-state index contributed by atoms with van der Waals surface area (Å²) in [4.78, 5) is 25.2. The lowest BCUT2D eigenvalue weighted by Crippen LogP contribution is -2.51. The van der Waals surface area contributed by atoms with E-state index in [0.717, 1.165) is 12.0 Å². The number of nitrogens with one attached hydrogen (secondary N) is 2. The third-order valence-corrected chi connectivity index (χ3v) is 2.59. The van der Waals surface area contributed by atoms with Crippen LogP contribution in [0.25, 0.3) is 0 Å². The Labute approximate surface area is 125 Å². The summed E-state index contributed by atoms with van der Waals surface area (Å²) in [6.07, 6.45) is 3.08. The molecular formula is C12H21Cl2N3O2. The van der Waals surface area contributed by atoms with E-state index in [2.05, 4.69) is 10.3 Å². The number of hydrogen-bond donors (Lipinski definition) is 3. The smallest absolute Gasteiger partial charge is 0.247 e. The van der Waals surface area contributed by atoms with Gasteiger partial charge in [-0.25, -0.2) is 0 Å². The number of aromatic amines is 1. The van der Waals surface area contributed by atoms with Crippen molar-refractivity contribution in [2.45, 2.75) is 38.8 Å². The maximum atomic E-state index is 11.8. The van der Waals surface area contributed by atoms with Crippen molar-refractivity contribution in [1.29, 1.82) is 0 Å². The molecular weight excluding hydrogens is 289 g/mol. The maximum absolute atomic E-state index is 11.8. The molecule has 0 saturated heterocycles. The van der Waals surface area contributed by atoms with Crippen molar-refractivity contribution in [2.75, 3.05) is 0 Å². The van der Waals surface area contributed by atoms with Crippen LogP contribution >= 0.6 is 24.8 Å². The molecule has 0 aromatic carbocycles. The van der Waals surface area contributed by atoms with Gasteiger partial charge >= 0.3 is 0 Å². The Morgan fingerprint density at radius 1 is 1.42 bits per heavy atom. The van der Waals surface area contributed by atoms with E-state index in [0.29, 0.717) is 13.0 Å². The zero-order valence-electron chi connectivity index (χ0n) is 11.1. The standard InChI is InChI=1S/C12H19N3O2.2ClH/c1-3-6-12(2,13)11(17)15-8-9-4-5-10(16)14-7-9;;/h4-5,7H,3,6,8,13H2,1-2H3,(H,14,16)(H,15,17);2*1H. The topological polar surface area (TPSA) is 88.0 Å². The van der Waals surface area contributed by atoms with Crippen LogP contribution in [0.1, 0.15) is 32.3 Å². The molecule has 0 bridgehead atoms. The van der Waals surface area contributed by atoms with Gasteiger partial charge in [0.1, 0.15) is 0 Å². The van der Waals surface area contributed by atoms with Gasteiger partial charge in [0, 0.05) is 18.8 Å². The Morgan fingerprint density at radius 2 is 2.05 bits per heavy atom. The van der Waals surface area contributed by atoms with Gasteiger partial charge in [-0.05, 0) is 18.9 Å². The Morgan fingerprint density at radius 3 is 2.53 bits per heavy atom. The number of pyridine rings is 1. The summed E-state index contributed by atoms with van der Waals surface area (Å²) in [5.74, 6) is -0.175. The van der Waals surface area contributed by atoms with Crippen LogP contribution in [0.5, 0.6) is 0 Å². The quantitative estimate of drug-likeness (QED) is 0.767. The highest BCUT2D eigenvalue weighted by Crippen LogP contribution is 2.08. The van der Waals surface area contributed by atoms with Gasteiger partial charge in [0.05, 0.1) is 5.54 Å². The monoisotopic (exact) mass is 309 g/mol. The molecule has 0 saturated carbocycles. The normalized spacial score (nSPS) is 12.6. The van der Waals surface area contributed by atoms with Crippen molar-refractivity contribution in [3.05, 3.63) is 34.2 Å². The lowest BCUT2D eigenvalue weighted by molar-refractivity contribution is -0.126. The molecule has 1 atom stereocenters. The molecule has 110 valence electrons. The van der Waals surface area contributed by atoms with Crippen molar-refractivity contribution in [3.63, 3.8) is 0 Å². The van der Waals surface area contributed by atoms with Gasteiger partial charge in [0.15, 0.2) is 0 Å². The molecule has 7 heteroatoms. The minimum atomic E-state index is -0.836. The molecule has 0 fully saturated rings. The second-order valence-corrected chi connectivity index (χ2v) is 4.41. The van der Waals surface area contributed by atoms with E-state index < -0.39 is 5.54 Å². The van der Waals surface area contributed by atoms with Crippen LogP contribution < -0.4 is 16.6 Å². The highest BCUT2D eigenvalue weighted by molar-refractivity contribution is 5.86. The summed E-state index contributed by atoms with van der Waals surface area (Å²) in [7, 11) is 0. The van der Waals surface area contributed by atoms with Crippen LogP contribution in [0.3, 0.4) is 0 Å². The number of rotatable bonds is 5. The fraction of sp³-hybridized carbons (Fsp3) is 0.500. The first-order valence-corrected chi connectivity index (χ1v) is 5.70. The number of carbonyl (C=O) groups is 1. The Bertz CT molecular complexity index is 426. The molecule has 1 unspecified atom stereocenters. The first-order valence-electron chi connectivity index (χ1n) is 5.70. The fourth-order valence-electron chi connectivity index (χ4n) is 1.57. The largest absolute Gasteiger partial charge is 0.350 e. The minimum absolute atomic E-state index is 0. The summed E-state index contributed by atoms with van der Waals surface area (Å²) in [6.45, 7) is 4.07. The number of carbonyl (C=O) groups excluding carboxylic acids is 1. The highest BCUT2D eigenvalue weighted by Gasteiger charge is 2.26. The van der Waals surface area contributed by atoms with Crippen molar-refractivity contribution >= 4 is 30.7 Å². The van der Waals surface area contributed by atoms with E-state index in [4.69, 9.17) is 5.73 Å². The number of aromatic nitrogens is 1. The average Bonchev–Trinajstić information content (AvgIpc) is 2.27. The minimum Gasteiger partial charge on any atom is -0.350 e. The van der Waals surface area contributed by atoms with Crippen molar-refractivity contribution in [2.24, 2.45) is 5.73 Å². The summed E-state index contributed by atoms with van der Waals surface area (Å²) in [5.41, 5.74) is 5.73. The second kappa shape index (κ2) is 8.96. The summed E-state index contributed by atoms with van der Waals surface area (Å²) < 4.78 is 0. The lowest BCUT2D eigenvalue weighted by Gasteiger charge is -2.22. The van der Waals surface area contributed by atoms with Gasteiger partial charge in [-0.3, -0.25) is 9.59 Å². The predicted octanol–water partition coefficient (Wildman–Crippen LogP) is 1.35. The van der Waals surface area contributed by atoms with Crippen LogP contribution in [0, 0.1) is 0 Å². The molecule has 0 spiro atoms. The van der Waals surface area contributed by atoms with Crippen LogP contribution in [-0.2, 0) is 11.3 Å². The van der Waals surface area contributed by atoms with Crippen LogP contribution in [0.4, 0.5) is 0 Å². The number of nitrogens with two attached hydrogens (primary N) is 1. The summed E-state index contributed by atoms with van der Waals surface area (Å²) >= 11 is 0. The maximum Gasteiger partial charge on any atom is 0.247 e. The van der Waals surface area contributed by atoms with E-state index >= 15 is 0 Å². The highest BCUT2D eigenvalue weighted by atomic mass is 35.5. The molecule has 19 heavy (non-hydrogen) atoms. The summed E-state index contributed by atoms with van der Waals surface area (Å²) in [5, 5.41) is 2.76. The molecule has 4 N–H and O–H groups in total. The molecule has 1 amide bonds. The molecule has 1 aromatic rings. The third kappa shape index (κ3) is 6.61. The average molecular weight is 310 g/mol. The third-order valence-electron chi connectivity index (χ3n) is 2.59. The number of amides is 1. The molecule has 1 aromatic heterocycles. The van der Waals surface area contributed by atoms with Crippen molar-refractivity contribution < 1.29 is 4.79 Å². The first kappa shape index (κ1) is 20.3. The molecule has 0 aliphatic rings. The van der Waals surface area contributed by atoms with E-state index in [1.165, 1.54) is 6.07 Å². The van der Waals surface area contributed by atoms with E-state index in [1.807, 2.05) is 6.92 Å². The molecule has 0 aliphatic heterocycles. The van der Waals surface area contributed by atoms with Gasteiger partial charge in [-0.15, -0.1) is 24.8 Å². The molecule has 5 nitrogen and oxygen atoms in total. The van der Waals surface area contributed by atoms with E-state index in [1.54, 1.807) is 19.2 Å². The molecule has 0 aliphatic carbocycles. The van der Waals surface area contributed by atoms with Crippen molar-refractivity contribution in [3.8, 4) is 0 Å². The Kier molecular flexibility index (Phi) is 9.56. The van der Waals surface area contributed by atoms with Gasteiger partial charge in [0.25, 0.3) is 0 Å². The van der Waals surface area contributed by atoms with Gasteiger partial charge in [-0.1, -0.05) is 19.4 Å². The predicted molar refractivity (Wildman–Crippen MR) is 80.9 cm³/mol. The second-order valence-electron chi connectivity index (χ2n) is 4.41. The number of halogens is 2. The number of hydrogen-bond acceptors (Lipinski definition) is 3. The number of H-pyrrole nitrogens is 1. The van der Waals surface area contributed by atoms with E-state index in [-0.39, 0.29) is 36.3 Å². The van der Waals surface area contributed by atoms with Gasteiger partial charge < -0.3 is 16.0 Å².